The largest absolute Gasteiger partial charge is 0.497 e. The highest BCUT2D eigenvalue weighted by molar-refractivity contribution is 6.03. The molecule has 0 spiro atoms. The molecule has 2 aromatic rings. The van der Waals surface area contributed by atoms with Gasteiger partial charge in [-0.2, -0.15) is 5.10 Å². The quantitative estimate of drug-likeness (QED) is 0.692. The molecule has 8 heteroatoms. The lowest BCUT2D eigenvalue weighted by Gasteiger charge is -2.33. The fourth-order valence-electron chi connectivity index (χ4n) is 4.16. The summed E-state index contributed by atoms with van der Waals surface area (Å²) in [6, 6.07) is 11.5. The molecule has 0 aromatic heterocycles. The molecule has 1 fully saturated rings. The number of carbonyl (C=O) groups is 1. The average molecular weight is 441 g/mol. The van der Waals surface area contributed by atoms with Gasteiger partial charge >= 0.3 is 0 Å². The number of rotatable bonds is 6. The van der Waals surface area contributed by atoms with Crippen molar-refractivity contribution in [1.29, 1.82) is 0 Å². The second-order valence-electron chi connectivity index (χ2n) is 8.20. The molecule has 1 atom stereocenters. The molecule has 1 amide bonds. The number of benzene rings is 2. The maximum absolute atomic E-state index is 13.4. The smallest absolute Gasteiger partial charge is 0.257 e. The van der Waals surface area contributed by atoms with Crippen LogP contribution in [0.3, 0.4) is 0 Å². The van der Waals surface area contributed by atoms with Crippen molar-refractivity contribution in [1.82, 2.24) is 14.8 Å². The number of hydrogen-bond donors (Lipinski definition) is 0. The van der Waals surface area contributed by atoms with E-state index < -0.39 is 0 Å². The van der Waals surface area contributed by atoms with E-state index in [9.17, 15) is 9.18 Å². The Balaban J connectivity index is 1.63. The number of hydrogen-bond acceptors (Lipinski definition) is 6. The van der Waals surface area contributed by atoms with Gasteiger partial charge in [0.25, 0.3) is 5.91 Å². The number of amides is 1. The summed E-state index contributed by atoms with van der Waals surface area (Å²) < 4.78 is 24.4. The van der Waals surface area contributed by atoms with Gasteiger partial charge in [-0.3, -0.25) is 9.69 Å². The third-order valence-electron chi connectivity index (χ3n) is 6.10. The van der Waals surface area contributed by atoms with E-state index in [1.807, 2.05) is 18.2 Å². The zero-order valence-electron chi connectivity index (χ0n) is 18.8. The Morgan fingerprint density at radius 1 is 1.06 bits per heavy atom. The van der Waals surface area contributed by atoms with Crippen molar-refractivity contribution in [3.05, 3.63) is 59.4 Å². The van der Waals surface area contributed by atoms with Crippen molar-refractivity contribution in [2.45, 2.75) is 12.5 Å². The minimum absolute atomic E-state index is 0.0606. The van der Waals surface area contributed by atoms with Crippen molar-refractivity contribution in [2.75, 3.05) is 54.0 Å². The van der Waals surface area contributed by atoms with Gasteiger partial charge in [-0.05, 0) is 36.9 Å². The Morgan fingerprint density at radius 2 is 1.78 bits per heavy atom. The van der Waals surface area contributed by atoms with Gasteiger partial charge in [0, 0.05) is 44.2 Å². The molecule has 0 saturated carbocycles. The molecule has 32 heavy (non-hydrogen) atoms. The van der Waals surface area contributed by atoms with E-state index in [-0.39, 0.29) is 17.8 Å². The van der Waals surface area contributed by atoms with Crippen LogP contribution in [-0.2, 0) is 4.79 Å². The third-order valence-corrected chi connectivity index (χ3v) is 6.10. The number of carbonyl (C=O) groups excluding carboxylic acids is 1. The summed E-state index contributed by atoms with van der Waals surface area (Å²) in [6.07, 6.45) is 0.517. The number of likely N-dealkylation sites (N-methyl/N-ethyl adjacent to an activating group) is 1. The van der Waals surface area contributed by atoms with Gasteiger partial charge in [-0.15, -0.1) is 0 Å². The molecule has 2 aliphatic rings. The predicted octanol–water partition coefficient (Wildman–Crippen LogP) is 2.77. The van der Waals surface area contributed by atoms with Crippen LogP contribution in [0.25, 0.3) is 0 Å². The molecule has 7 nitrogen and oxygen atoms in total. The Bertz CT molecular complexity index is 987. The van der Waals surface area contributed by atoms with Crippen LogP contribution in [0.15, 0.2) is 47.6 Å². The second kappa shape index (κ2) is 9.67. The Hall–Kier alpha value is -2.97. The van der Waals surface area contributed by atoms with E-state index in [0.717, 1.165) is 43.0 Å². The van der Waals surface area contributed by atoms with Crippen molar-refractivity contribution in [2.24, 2.45) is 5.10 Å². The minimum Gasteiger partial charge on any atom is -0.497 e. The van der Waals surface area contributed by atoms with Crippen LogP contribution in [0.5, 0.6) is 11.5 Å². The van der Waals surface area contributed by atoms with Crippen LogP contribution < -0.4 is 9.47 Å². The predicted molar refractivity (Wildman–Crippen MR) is 121 cm³/mol. The lowest BCUT2D eigenvalue weighted by molar-refractivity contribution is -0.134. The molecule has 0 radical (unpaired) electrons. The van der Waals surface area contributed by atoms with Crippen LogP contribution in [0.4, 0.5) is 4.39 Å². The second-order valence-corrected chi connectivity index (χ2v) is 8.20. The number of nitrogens with zero attached hydrogens (tertiary/aromatic N) is 4. The standard InChI is InChI=1S/C24H29FN4O3/c1-27-10-12-28(13-11-27)16-24(30)29-22(20-9-8-19(31-2)14-23(20)32-3)15-21(26-29)17-4-6-18(25)7-5-17/h4-9,14,22H,10-13,15-16H2,1-3H3. The zero-order chi connectivity index (χ0) is 22.7. The number of halogens is 1. The van der Waals surface area contributed by atoms with Crippen LogP contribution in [-0.4, -0.2) is 80.4 Å². The lowest BCUT2D eigenvalue weighted by Crippen LogP contribution is -2.48. The van der Waals surface area contributed by atoms with Gasteiger partial charge in [0.2, 0.25) is 0 Å². The van der Waals surface area contributed by atoms with Crippen LogP contribution in [0, 0.1) is 5.82 Å². The van der Waals surface area contributed by atoms with E-state index in [4.69, 9.17) is 14.6 Å². The van der Waals surface area contributed by atoms with Crippen molar-refractivity contribution in [3.8, 4) is 11.5 Å². The van der Waals surface area contributed by atoms with E-state index in [1.54, 1.807) is 31.4 Å². The molecular weight excluding hydrogens is 411 g/mol. The molecule has 170 valence electrons. The van der Waals surface area contributed by atoms with Gasteiger partial charge in [0.1, 0.15) is 17.3 Å². The van der Waals surface area contributed by atoms with Crippen LogP contribution in [0.2, 0.25) is 0 Å². The summed E-state index contributed by atoms with van der Waals surface area (Å²) in [5.41, 5.74) is 2.42. The van der Waals surface area contributed by atoms with Crippen LogP contribution in [0.1, 0.15) is 23.6 Å². The van der Waals surface area contributed by atoms with E-state index in [0.29, 0.717) is 24.5 Å². The molecule has 2 heterocycles. The van der Waals surface area contributed by atoms with E-state index in [2.05, 4.69) is 16.8 Å². The molecule has 2 aliphatic heterocycles. The molecule has 4 rings (SSSR count). The monoisotopic (exact) mass is 440 g/mol. The third kappa shape index (κ3) is 4.76. The maximum Gasteiger partial charge on any atom is 0.257 e. The van der Waals surface area contributed by atoms with Gasteiger partial charge in [0.05, 0.1) is 32.5 Å². The fraction of sp³-hybridized carbons (Fsp3) is 0.417. The number of ether oxygens (including phenoxy) is 2. The highest BCUT2D eigenvalue weighted by Gasteiger charge is 2.35. The Labute approximate surface area is 188 Å². The molecule has 0 aliphatic carbocycles. The number of methoxy groups -OCH3 is 2. The number of hydrazone groups is 1. The van der Waals surface area contributed by atoms with Gasteiger partial charge in [0.15, 0.2) is 0 Å². The molecule has 1 unspecified atom stereocenters. The van der Waals surface area contributed by atoms with Gasteiger partial charge in [-0.25, -0.2) is 9.40 Å². The van der Waals surface area contributed by atoms with Crippen molar-refractivity contribution >= 4 is 11.6 Å². The molecule has 2 aromatic carbocycles. The minimum atomic E-state index is -0.309. The van der Waals surface area contributed by atoms with Gasteiger partial charge < -0.3 is 14.4 Å². The first-order valence-corrected chi connectivity index (χ1v) is 10.8. The highest BCUT2D eigenvalue weighted by Crippen LogP contribution is 2.39. The van der Waals surface area contributed by atoms with Gasteiger partial charge in [-0.1, -0.05) is 12.1 Å². The Morgan fingerprint density at radius 3 is 2.44 bits per heavy atom. The maximum atomic E-state index is 13.4. The fourth-order valence-corrected chi connectivity index (χ4v) is 4.16. The topological polar surface area (TPSA) is 57.6 Å². The van der Waals surface area contributed by atoms with E-state index in [1.165, 1.54) is 12.1 Å². The summed E-state index contributed by atoms with van der Waals surface area (Å²) in [5.74, 6) is 0.958. The summed E-state index contributed by atoms with van der Waals surface area (Å²) in [6.45, 7) is 3.88. The summed E-state index contributed by atoms with van der Waals surface area (Å²) in [4.78, 5) is 17.8. The van der Waals surface area contributed by atoms with Crippen LogP contribution >= 0.6 is 0 Å². The van der Waals surface area contributed by atoms with E-state index >= 15 is 0 Å². The first-order chi connectivity index (χ1) is 15.5. The molecule has 0 bridgehead atoms. The summed E-state index contributed by atoms with van der Waals surface area (Å²) >= 11 is 0. The first kappa shape index (κ1) is 22.2. The average Bonchev–Trinajstić information content (AvgIpc) is 3.26. The first-order valence-electron chi connectivity index (χ1n) is 10.8. The highest BCUT2D eigenvalue weighted by atomic mass is 19.1. The lowest BCUT2D eigenvalue weighted by atomic mass is 9.97. The van der Waals surface area contributed by atoms with Crippen molar-refractivity contribution in [3.63, 3.8) is 0 Å². The molecule has 0 N–H and O–H groups in total. The SMILES string of the molecule is COc1ccc(C2CC(c3ccc(F)cc3)=NN2C(=O)CN2CCN(C)CC2)c(OC)c1. The molecule has 1 saturated heterocycles. The Kier molecular flexibility index (Phi) is 6.72. The molecular formula is C24H29FN4O3. The van der Waals surface area contributed by atoms with Crippen molar-refractivity contribution < 1.29 is 18.7 Å². The summed E-state index contributed by atoms with van der Waals surface area (Å²) in [5, 5.41) is 6.27. The normalized spacial score (nSPS) is 19.7. The zero-order valence-corrected chi connectivity index (χ0v) is 18.8. The number of piperazine rings is 1. The summed E-state index contributed by atoms with van der Waals surface area (Å²) in [7, 11) is 5.29.